The fraction of sp³-hybridized carbons (Fsp3) is 0.667. The third-order valence-electron chi connectivity index (χ3n) is 3.66. The smallest absolute Gasteiger partial charge is 0.243 e. The van der Waals surface area contributed by atoms with Gasteiger partial charge in [-0.1, -0.05) is 0 Å². The third kappa shape index (κ3) is 3.02. The largest absolute Gasteiger partial charge is 0.284 e. The summed E-state index contributed by atoms with van der Waals surface area (Å²) in [6.45, 7) is 1.73. The van der Waals surface area contributed by atoms with Crippen molar-refractivity contribution in [3.05, 3.63) is 0 Å². The molecule has 0 bridgehead atoms. The van der Waals surface area contributed by atoms with E-state index < -0.39 is 0 Å². The van der Waals surface area contributed by atoms with Crippen LogP contribution >= 0.6 is 0 Å². The molecule has 0 radical (unpaired) electrons. The van der Waals surface area contributed by atoms with Crippen LogP contribution in [-0.2, 0) is 19.2 Å². The summed E-state index contributed by atoms with van der Waals surface area (Å²) in [5.41, 5.74) is 0. The Kier molecular flexibility index (Phi) is 4.15. The van der Waals surface area contributed by atoms with Crippen LogP contribution in [0, 0.1) is 0 Å². The standard InChI is InChI=1S/C12H18N4O4/c1-13-9(17)5-15(6-10(13)18)3-4-16-7-11(19)14(2)12(20)8-16/h3-8H2,1-2H3. The molecule has 2 rings (SSSR count). The van der Waals surface area contributed by atoms with Gasteiger partial charge in [-0.25, -0.2) is 0 Å². The minimum atomic E-state index is -0.230. The second-order valence-corrected chi connectivity index (χ2v) is 5.11. The maximum atomic E-state index is 11.5. The first-order chi connectivity index (χ1) is 9.38. The Balaban J connectivity index is 1.84. The summed E-state index contributed by atoms with van der Waals surface area (Å²) in [6, 6.07) is 0. The molecule has 2 heterocycles. The summed E-state index contributed by atoms with van der Waals surface area (Å²) in [7, 11) is 2.94. The Hall–Kier alpha value is -1.80. The van der Waals surface area contributed by atoms with Crippen LogP contribution in [0.4, 0.5) is 0 Å². The van der Waals surface area contributed by atoms with Crippen molar-refractivity contribution in [1.29, 1.82) is 0 Å². The number of amides is 4. The Morgan fingerprint density at radius 3 is 1.15 bits per heavy atom. The summed E-state index contributed by atoms with van der Waals surface area (Å²) >= 11 is 0. The second kappa shape index (κ2) is 5.68. The molecule has 8 heteroatoms. The molecule has 0 aromatic rings. The maximum absolute atomic E-state index is 11.5. The highest BCUT2D eigenvalue weighted by molar-refractivity contribution is 5.99. The number of carbonyl (C=O) groups excluding carboxylic acids is 4. The first kappa shape index (κ1) is 14.6. The van der Waals surface area contributed by atoms with E-state index in [0.717, 1.165) is 9.80 Å². The third-order valence-corrected chi connectivity index (χ3v) is 3.66. The summed E-state index contributed by atoms with van der Waals surface area (Å²) in [4.78, 5) is 51.9. The molecule has 2 fully saturated rings. The van der Waals surface area contributed by atoms with Crippen molar-refractivity contribution < 1.29 is 19.2 Å². The zero-order chi connectivity index (χ0) is 14.9. The second-order valence-electron chi connectivity index (χ2n) is 5.11. The van der Waals surface area contributed by atoms with Crippen LogP contribution in [0.1, 0.15) is 0 Å². The average Bonchev–Trinajstić information content (AvgIpc) is 2.39. The van der Waals surface area contributed by atoms with Crippen molar-refractivity contribution in [1.82, 2.24) is 19.6 Å². The number of likely N-dealkylation sites (N-methyl/N-ethyl adjacent to an activating group) is 2. The van der Waals surface area contributed by atoms with Gasteiger partial charge < -0.3 is 0 Å². The maximum Gasteiger partial charge on any atom is 0.243 e. The molecule has 4 amide bonds. The highest BCUT2D eigenvalue weighted by Crippen LogP contribution is 2.05. The summed E-state index contributed by atoms with van der Waals surface area (Å²) in [6.07, 6.45) is 0. The summed E-state index contributed by atoms with van der Waals surface area (Å²) in [5.74, 6) is -0.919. The van der Waals surface area contributed by atoms with E-state index in [1.54, 1.807) is 9.80 Å². The van der Waals surface area contributed by atoms with Crippen molar-refractivity contribution in [2.24, 2.45) is 0 Å². The van der Waals surface area contributed by atoms with Crippen LogP contribution < -0.4 is 0 Å². The zero-order valence-corrected chi connectivity index (χ0v) is 11.7. The van der Waals surface area contributed by atoms with Crippen molar-refractivity contribution in [2.45, 2.75) is 0 Å². The van der Waals surface area contributed by atoms with Crippen molar-refractivity contribution >= 4 is 23.6 Å². The minimum Gasteiger partial charge on any atom is -0.284 e. The molecular formula is C12H18N4O4. The fourth-order valence-electron chi connectivity index (χ4n) is 2.18. The topological polar surface area (TPSA) is 81.2 Å². The van der Waals surface area contributed by atoms with Crippen LogP contribution in [0.15, 0.2) is 0 Å². The molecule has 20 heavy (non-hydrogen) atoms. The lowest BCUT2D eigenvalue weighted by atomic mass is 10.2. The lowest BCUT2D eigenvalue weighted by Crippen LogP contribution is -2.56. The lowest BCUT2D eigenvalue weighted by molar-refractivity contribution is -0.152. The quantitative estimate of drug-likeness (QED) is 0.536. The predicted molar refractivity (Wildman–Crippen MR) is 68.4 cm³/mol. The number of carbonyl (C=O) groups is 4. The molecule has 0 atom stereocenters. The molecule has 8 nitrogen and oxygen atoms in total. The molecule has 0 aliphatic carbocycles. The van der Waals surface area contributed by atoms with Gasteiger partial charge in [0.1, 0.15) is 0 Å². The summed E-state index contributed by atoms with van der Waals surface area (Å²) in [5, 5.41) is 0. The van der Waals surface area contributed by atoms with E-state index in [2.05, 4.69) is 0 Å². The first-order valence-corrected chi connectivity index (χ1v) is 6.42. The number of imide groups is 2. The molecule has 2 saturated heterocycles. The molecule has 2 aliphatic rings. The van der Waals surface area contributed by atoms with Crippen molar-refractivity contribution in [3.8, 4) is 0 Å². The number of hydrogen-bond acceptors (Lipinski definition) is 6. The van der Waals surface area contributed by atoms with Crippen molar-refractivity contribution in [2.75, 3.05) is 53.4 Å². The van der Waals surface area contributed by atoms with E-state index in [0.29, 0.717) is 13.1 Å². The van der Waals surface area contributed by atoms with Gasteiger partial charge in [-0.2, -0.15) is 0 Å². The van der Waals surface area contributed by atoms with Gasteiger partial charge in [0.25, 0.3) is 0 Å². The van der Waals surface area contributed by atoms with Gasteiger partial charge in [0.05, 0.1) is 26.2 Å². The normalized spacial score (nSPS) is 22.9. The SMILES string of the molecule is CN1C(=O)CN(CCN2CC(=O)N(C)C(=O)C2)CC1=O. The van der Waals surface area contributed by atoms with Gasteiger partial charge in [-0.15, -0.1) is 0 Å². The number of nitrogens with zero attached hydrogens (tertiary/aromatic N) is 4. The van der Waals surface area contributed by atoms with E-state index >= 15 is 0 Å². The summed E-state index contributed by atoms with van der Waals surface area (Å²) < 4.78 is 0. The Morgan fingerprint density at radius 1 is 0.650 bits per heavy atom. The number of rotatable bonds is 3. The van der Waals surface area contributed by atoms with Crippen LogP contribution in [-0.4, -0.2) is 96.6 Å². The monoisotopic (exact) mass is 282 g/mol. The van der Waals surface area contributed by atoms with E-state index in [4.69, 9.17) is 0 Å². The first-order valence-electron chi connectivity index (χ1n) is 6.42. The number of piperazine rings is 2. The average molecular weight is 282 g/mol. The highest BCUT2D eigenvalue weighted by Gasteiger charge is 2.30. The molecule has 2 aliphatic heterocycles. The lowest BCUT2D eigenvalue weighted by Gasteiger charge is -2.34. The fourth-order valence-corrected chi connectivity index (χ4v) is 2.18. The van der Waals surface area contributed by atoms with E-state index in [-0.39, 0.29) is 49.8 Å². The Bertz CT molecular complexity index is 386. The zero-order valence-electron chi connectivity index (χ0n) is 11.7. The van der Waals surface area contributed by atoms with Crippen LogP contribution in [0.5, 0.6) is 0 Å². The molecule has 0 N–H and O–H groups in total. The molecule has 0 unspecified atom stereocenters. The van der Waals surface area contributed by atoms with Gasteiger partial charge in [0, 0.05) is 27.2 Å². The van der Waals surface area contributed by atoms with Gasteiger partial charge in [-0.05, 0) is 0 Å². The van der Waals surface area contributed by atoms with Gasteiger partial charge in [0.2, 0.25) is 23.6 Å². The Morgan fingerprint density at radius 2 is 0.900 bits per heavy atom. The molecule has 0 spiro atoms. The molecular weight excluding hydrogens is 264 g/mol. The van der Waals surface area contributed by atoms with Gasteiger partial charge in [-0.3, -0.25) is 38.8 Å². The Labute approximate surface area is 116 Å². The predicted octanol–water partition coefficient (Wildman–Crippen LogP) is -2.41. The van der Waals surface area contributed by atoms with Crippen LogP contribution in [0.2, 0.25) is 0 Å². The number of hydrogen-bond donors (Lipinski definition) is 0. The van der Waals surface area contributed by atoms with E-state index in [1.165, 1.54) is 14.1 Å². The molecule has 0 aromatic carbocycles. The van der Waals surface area contributed by atoms with E-state index in [9.17, 15) is 19.2 Å². The van der Waals surface area contributed by atoms with Crippen LogP contribution in [0.3, 0.4) is 0 Å². The molecule has 110 valence electrons. The molecule has 0 aromatic heterocycles. The highest BCUT2D eigenvalue weighted by atomic mass is 16.2. The van der Waals surface area contributed by atoms with Crippen LogP contribution in [0.25, 0.3) is 0 Å². The molecule has 0 saturated carbocycles. The van der Waals surface area contributed by atoms with E-state index in [1.807, 2.05) is 0 Å². The van der Waals surface area contributed by atoms with Gasteiger partial charge in [0.15, 0.2) is 0 Å². The minimum absolute atomic E-state index is 0.192. The van der Waals surface area contributed by atoms with Gasteiger partial charge >= 0.3 is 0 Å². The van der Waals surface area contributed by atoms with Crippen molar-refractivity contribution in [3.63, 3.8) is 0 Å².